The molecule has 0 atom stereocenters. The van der Waals surface area contributed by atoms with Gasteiger partial charge in [0.05, 0.1) is 0 Å². The van der Waals surface area contributed by atoms with Crippen molar-refractivity contribution in [1.82, 2.24) is 0 Å². The lowest BCUT2D eigenvalue weighted by atomic mass is 9.99. The largest absolute Gasteiger partial charge is 0.122 e. The lowest BCUT2D eigenvalue weighted by molar-refractivity contribution is 0.644. The molecule has 0 aliphatic heterocycles. The smallest absolute Gasteiger partial charge is 0.0477 e. The quantitative estimate of drug-likeness (QED) is 0.708. The predicted octanol–water partition coefficient (Wildman–Crippen LogP) is 4.39. The highest BCUT2D eigenvalue weighted by atomic mass is 79.9. The first-order chi connectivity index (χ1) is 6.13. The molecule has 0 bridgehead atoms. The zero-order valence-corrected chi connectivity index (χ0v) is 10.3. The third-order valence-corrected chi connectivity index (χ3v) is 2.72. The van der Waals surface area contributed by atoms with E-state index in [0.717, 1.165) is 10.9 Å². The number of hydrogen-bond acceptors (Lipinski definition) is 0. The lowest BCUT2D eigenvalue weighted by Crippen LogP contribution is -1.97. The summed E-state index contributed by atoms with van der Waals surface area (Å²) >= 11 is 9.31. The summed E-state index contributed by atoms with van der Waals surface area (Å²) in [6.45, 7) is 4.44. The average molecular weight is 262 g/mol. The highest BCUT2D eigenvalue weighted by Crippen LogP contribution is 2.20. The lowest BCUT2D eigenvalue weighted by Gasteiger charge is -2.09. The van der Waals surface area contributed by atoms with E-state index in [9.17, 15) is 0 Å². The van der Waals surface area contributed by atoms with Crippen molar-refractivity contribution >= 4 is 27.5 Å². The van der Waals surface area contributed by atoms with E-state index in [-0.39, 0.29) is 0 Å². The Balaban J connectivity index is 2.92. The second kappa shape index (κ2) is 5.02. The normalized spacial score (nSPS) is 10.8. The van der Waals surface area contributed by atoms with E-state index in [1.54, 1.807) is 0 Å². The molecule has 0 aliphatic rings. The van der Waals surface area contributed by atoms with Crippen LogP contribution in [0.4, 0.5) is 0 Å². The minimum Gasteiger partial charge on any atom is -0.122 e. The Morgan fingerprint density at radius 1 is 1.31 bits per heavy atom. The van der Waals surface area contributed by atoms with Crippen LogP contribution < -0.4 is 0 Å². The van der Waals surface area contributed by atoms with Gasteiger partial charge in [-0.2, -0.15) is 0 Å². The van der Waals surface area contributed by atoms with Crippen LogP contribution in [0.1, 0.15) is 25.0 Å². The molecule has 0 radical (unpaired) electrons. The van der Waals surface area contributed by atoms with Crippen molar-refractivity contribution < 1.29 is 0 Å². The van der Waals surface area contributed by atoms with Gasteiger partial charge in [0.25, 0.3) is 0 Å². The molecule has 0 fully saturated rings. The van der Waals surface area contributed by atoms with Crippen LogP contribution in [0.25, 0.3) is 0 Å². The molecule has 0 N–H and O–H groups in total. The van der Waals surface area contributed by atoms with Crippen LogP contribution in [-0.2, 0) is 12.3 Å². The van der Waals surface area contributed by atoms with E-state index in [1.165, 1.54) is 11.1 Å². The molecule has 0 aromatic heterocycles. The van der Waals surface area contributed by atoms with Gasteiger partial charge in [0.15, 0.2) is 0 Å². The molecule has 0 heterocycles. The number of halogens is 2. The van der Waals surface area contributed by atoms with E-state index in [1.807, 2.05) is 0 Å². The van der Waals surface area contributed by atoms with Gasteiger partial charge in [-0.1, -0.05) is 35.8 Å². The first-order valence-corrected chi connectivity index (χ1v) is 5.79. The van der Waals surface area contributed by atoms with Crippen molar-refractivity contribution in [3.8, 4) is 0 Å². The Morgan fingerprint density at radius 2 is 2.00 bits per heavy atom. The van der Waals surface area contributed by atoms with Gasteiger partial charge in [-0.3, -0.25) is 0 Å². The van der Waals surface area contributed by atoms with Gasteiger partial charge in [0.2, 0.25) is 0 Å². The van der Waals surface area contributed by atoms with Gasteiger partial charge in [0.1, 0.15) is 0 Å². The van der Waals surface area contributed by atoms with Gasteiger partial charge < -0.3 is 0 Å². The third kappa shape index (κ3) is 3.32. The summed E-state index contributed by atoms with van der Waals surface area (Å²) in [4.78, 5) is 0. The van der Waals surface area contributed by atoms with Crippen LogP contribution in [0.5, 0.6) is 0 Å². The molecule has 0 saturated carbocycles. The summed E-state index contributed by atoms with van der Waals surface area (Å²) in [5.41, 5.74) is 2.61. The van der Waals surface area contributed by atoms with Gasteiger partial charge in [-0.25, -0.2) is 0 Å². The molecule has 13 heavy (non-hydrogen) atoms. The molecule has 0 nitrogen and oxygen atoms in total. The molecule has 0 amide bonds. The minimum absolute atomic E-state index is 0.599. The number of benzene rings is 1. The molecule has 2 heteroatoms. The fourth-order valence-electron chi connectivity index (χ4n) is 1.36. The highest BCUT2D eigenvalue weighted by Gasteiger charge is 2.04. The zero-order valence-electron chi connectivity index (χ0n) is 7.98. The van der Waals surface area contributed by atoms with Crippen LogP contribution in [0.15, 0.2) is 22.7 Å². The SMILES string of the molecule is CC(C)Cc1ccc(Br)cc1CCl. The maximum Gasteiger partial charge on any atom is 0.0477 e. The van der Waals surface area contributed by atoms with Crippen molar-refractivity contribution in [1.29, 1.82) is 0 Å². The summed E-state index contributed by atoms with van der Waals surface area (Å²) in [5, 5.41) is 0. The van der Waals surface area contributed by atoms with E-state index in [2.05, 4.69) is 48.0 Å². The summed E-state index contributed by atoms with van der Waals surface area (Å²) in [7, 11) is 0. The van der Waals surface area contributed by atoms with Crippen LogP contribution in [0.3, 0.4) is 0 Å². The van der Waals surface area contributed by atoms with Crippen LogP contribution in [-0.4, -0.2) is 0 Å². The molecule has 0 unspecified atom stereocenters. The molecule has 1 rings (SSSR count). The Bertz CT molecular complexity index is 281. The summed E-state index contributed by atoms with van der Waals surface area (Å²) in [6.07, 6.45) is 1.11. The van der Waals surface area contributed by atoms with Crippen LogP contribution in [0.2, 0.25) is 0 Å². The van der Waals surface area contributed by atoms with Crippen LogP contribution >= 0.6 is 27.5 Å². The van der Waals surface area contributed by atoms with Gasteiger partial charge >= 0.3 is 0 Å². The molecule has 0 saturated heterocycles. The first-order valence-electron chi connectivity index (χ1n) is 4.46. The maximum atomic E-state index is 5.87. The third-order valence-electron chi connectivity index (χ3n) is 1.94. The minimum atomic E-state index is 0.599. The molecular formula is C11H14BrCl. The van der Waals surface area contributed by atoms with Gasteiger partial charge in [-0.15, -0.1) is 11.6 Å². The summed E-state index contributed by atoms with van der Waals surface area (Å²) < 4.78 is 1.11. The van der Waals surface area contributed by atoms with Crippen molar-refractivity contribution in [2.75, 3.05) is 0 Å². The van der Waals surface area contributed by atoms with Crippen LogP contribution in [0, 0.1) is 5.92 Å². The van der Waals surface area contributed by atoms with E-state index < -0.39 is 0 Å². The fraction of sp³-hybridized carbons (Fsp3) is 0.455. The molecule has 1 aromatic carbocycles. The highest BCUT2D eigenvalue weighted by molar-refractivity contribution is 9.10. The maximum absolute atomic E-state index is 5.87. The molecular weight excluding hydrogens is 247 g/mol. The van der Waals surface area contributed by atoms with Crippen molar-refractivity contribution in [3.63, 3.8) is 0 Å². The number of rotatable bonds is 3. The van der Waals surface area contributed by atoms with Crippen molar-refractivity contribution in [2.24, 2.45) is 5.92 Å². The Hall–Kier alpha value is -0.0100. The monoisotopic (exact) mass is 260 g/mol. The summed E-state index contributed by atoms with van der Waals surface area (Å²) in [6, 6.07) is 6.33. The molecule has 0 spiro atoms. The zero-order chi connectivity index (χ0) is 9.84. The van der Waals surface area contributed by atoms with Gasteiger partial charge in [0, 0.05) is 10.4 Å². The Labute approximate surface area is 93.4 Å². The Kier molecular flexibility index (Phi) is 4.27. The molecule has 72 valence electrons. The topological polar surface area (TPSA) is 0 Å². The molecule has 0 aliphatic carbocycles. The number of alkyl halides is 1. The van der Waals surface area contributed by atoms with E-state index in [0.29, 0.717) is 11.8 Å². The fourth-order valence-corrected chi connectivity index (χ4v) is 2.02. The van der Waals surface area contributed by atoms with Crippen molar-refractivity contribution in [2.45, 2.75) is 26.1 Å². The van der Waals surface area contributed by atoms with E-state index in [4.69, 9.17) is 11.6 Å². The molecule has 1 aromatic rings. The second-order valence-electron chi connectivity index (χ2n) is 3.64. The predicted molar refractivity (Wildman–Crippen MR) is 62.2 cm³/mol. The van der Waals surface area contributed by atoms with E-state index >= 15 is 0 Å². The Morgan fingerprint density at radius 3 is 2.54 bits per heavy atom. The standard InChI is InChI=1S/C11H14BrCl/c1-8(2)5-9-3-4-11(12)6-10(9)7-13/h3-4,6,8H,5,7H2,1-2H3. The van der Waals surface area contributed by atoms with Crippen molar-refractivity contribution in [3.05, 3.63) is 33.8 Å². The number of hydrogen-bond donors (Lipinski definition) is 0. The second-order valence-corrected chi connectivity index (χ2v) is 4.83. The average Bonchev–Trinajstić information content (AvgIpc) is 2.07. The summed E-state index contributed by atoms with van der Waals surface area (Å²) in [5.74, 6) is 1.28. The first kappa shape index (κ1) is 11.1. The van der Waals surface area contributed by atoms with Gasteiger partial charge in [-0.05, 0) is 35.6 Å².